The molecule has 1 N–H and O–H groups in total. The first-order chi connectivity index (χ1) is 13.3. The molecular weight excluding hydrogens is 344 g/mol. The van der Waals surface area contributed by atoms with Gasteiger partial charge in [0, 0.05) is 49.8 Å². The van der Waals surface area contributed by atoms with Crippen LogP contribution in [0.4, 0.5) is 0 Å². The molecule has 7 nitrogen and oxygen atoms in total. The summed E-state index contributed by atoms with van der Waals surface area (Å²) < 4.78 is 10.8. The van der Waals surface area contributed by atoms with Gasteiger partial charge in [-0.2, -0.15) is 0 Å². The number of rotatable bonds is 5. The zero-order chi connectivity index (χ0) is 18.5. The molecule has 0 bridgehead atoms. The van der Waals surface area contributed by atoms with Crippen LogP contribution in [-0.4, -0.2) is 53.3 Å². The summed E-state index contributed by atoms with van der Waals surface area (Å²) in [6.45, 7) is 3.96. The molecule has 0 saturated carbocycles. The van der Waals surface area contributed by atoms with Gasteiger partial charge in [0.25, 0.3) is 0 Å². The van der Waals surface area contributed by atoms with Crippen LogP contribution < -0.4 is 5.32 Å². The van der Waals surface area contributed by atoms with Crippen LogP contribution in [0.5, 0.6) is 0 Å². The van der Waals surface area contributed by atoms with Gasteiger partial charge in [-0.15, -0.1) is 0 Å². The summed E-state index contributed by atoms with van der Waals surface area (Å²) >= 11 is 0. The maximum Gasteiger partial charge on any atom is 0.224 e. The van der Waals surface area contributed by atoms with Crippen LogP contribution in [0.3, 0.4) is 0 Å². The van der Waals surface area contributed by atoms with E-state index in [2.05, 4.69) is 20.4 Å². The molecule has 2 aliphatic rings. The van der Waals surface area contributed by atoms with Gasteiger partial charge in [-0.25, -0.2) is 0 Å². The fourth-order valence-corrected chi connectivity index (χ4v) is 3.97. The van der Waals surface area contributed by atoms with E-state index in [-0.39, 0.29) is 11.8 Å². The summed E-state index contributed by atoms with van der Waals surface area (Å²) in [5.74, 6) is 0.799. The van der Waals surface area contributed by atoms with Crippen LogP contribution >= 0.6 is 0 Å². The molecule has 4 heterocycles. The third-order valence-electron chi connectivity index (χ3n) is 5.48. The lowest BCUT2D eigenvalue weighted by Crippen LogP contribution is -2.48. The van der Waals surface area contributed by atoms with Crippen LogP contribution in [0, 0.1) is 5.92 Å². The second-order valence-corrected chi connectivity index (χ2v) is 7.32. The standard InChI is InChI=1S/C20H26N4O3/c25-20(16-4-2-8-24(14-16)17-5-9-26-10-6-17)22-13-18-11-19(23-27-18)15-3-1-7-21-12-15/h1,3,7,11-12,16-17H,2,4-6,8-10,13-14H2,(H,22,25)/t16-/m1/s1. The van der Waals surface area contributed by atoms with Gasteiger partial charge in [0.05, 0.1) is 12.5 Å². The van der Waals surface area contributed by atoms with E-state index < -0.39 is 0 Å². The van der Waals surface area contributed by atoms with Crippen molar-refractivity contribution in [2.75, 3.05) is 26.3 Å². The van der Waals surface area contributed by atoms with E-state index in [1.54, 1.807) is 12.4 Å². The van der Waals surface area contributed by atoms with Gasteiger partial charge >= 0.3 is 0 Å². The summed E-state index contributed by atoms with van der Waals surface area (Å²) in [7, 11) is 0. The molecule has 0 radical (unpaired) electrons. The summed E-state index contributed by atoms with van der Waals surface area (Å²) in [6.07, 6.45) is 7.63. The number of carbonyl (C=O) groups is 1. The Morgan fingerprint density at radius 1 is 1.30 bits per heavy atom. The van der Waals surface area contributed by atoms with Crippen molar-refractivity contribution in [3.8, 4) is 11.3 Å². The Balaban J connectivity index is 1.29. The van der Waals surface area contributed by atoms with Crippen molar-refractivity contribution in [3.63, 3.8) is 0 Å². The lowest BCUT2D eigenvalue weighted by Gasteiger charge is -2.39. The van der Waals surface area contributed by atoms with Gasteiger partial charge in [-0.05, 0) is 44.4 Å². The quantitative estimate of drug-likeness (QED) is 0.869. The van der Waals surface area contributed by atoms with Gasteiger partial charge in [0.1, 0.15) is 5.69 Å². The Labute approximate surface area is 159 Å². The predicted molar refractivity (Wildman–Crippen MR) is 99.7 cm³/mol. The van der Waals surface area contributed by atoms with E-state index in [1.807, 2.05) is 18.2 Å². The highest BCUT2D eigenvalue weighted by Gasteiger charge is 2.30. The maximum absolute atomic E-state index is 12.6. The highest BCUT2D eigenvalue weighted by atomic mass is 16.5. The van der Waals surface area contributed by atoms with E-state index in [0.29, 0.717) is 18.3 Å². The molecule has 2 aliphatic heterocycles. The molecule has 2 saturated heterocycles. The Hall–Kier alpha value is -2.25. The molecule has 1 amide bonds. The van der Waals surface area contributed by atoms with Gasteiger partial charge in [0.15, 0.2) is 5.76 Å². The van der Waals surface area contributed by atoms with Crippen molar-refractivity contribution >= 4 is 5.91 Å². The van der Waals surface area contributed by atoms with E-state index in [9.17, 15) is 4.79 Å². The van der Waals surface area contributed by atoms with Crippen LogP contribution in [-0.2, 0) is 16.1 Å². The Kier molecular flexibility index (Phi) is 5.79. The van der Waals surface area contributed by atoms with E-state index in [1.165, 1.54) is 0 Å². The second-order valence-electron chi connectivity index (χ2n) is 7.32. The van der Waals surface area contributed by atoms with Gasteiger partial charge < -0.3 is 14.6 Å². The third kappa shape index (κ3) is 4.54. The molecule has 7 heteroatoms. The number of nitrogens with one attached hydrogen (secondary N) is 1. The number of nitrogens with zero attached hydrogens (tertiary/aromatic N) is 3. The zero-order valence-electron chi connectivity index (χ0n) is 15.5. The number of pyridine rings is 1. The average molecular weight is 370 g/mol. The number of ether oxygens (including phenoxy) is 1. The molecular formula is C20H26N4O3. The summed E-state index contributed by atoms with van der Waals surface area (Å²) in [5, 5.41) is 7.08. The number of likely N-dealkylation sites (tertiary alicyclic amines) is 1. The molecule has 2 aromatic rings. The largest absolute Gasteiger partial charge is 0.381 e. The number of amides is 1. The number of hydrogen-bond acceptors (Lipinski definition) is 6. The van der Waals surface area contributed by atoms with Gasteiger partial charge in [-0.3, -0.25) is 14.7 Å². The molecule has 144 valence electrons. The van der Waals surface area contributed by atoms with Crippen molar-refractivity contribution in [1.82, 2.24) is 20.4 Å². The smallest absolute Gasteiger partial charge is 0.224 e. The first-order valence-corrected chi connectivity index (χ1v) is 9.75. The predicted octanol–water partition coefficient (Wildman–Crippen LogP) is 2.24. The van der Waals surface area contributed by atoms with Crippen molar-refractivity contribution in [1.29, 1.82) is 0 Å². The minimum Gasteiger partial charge on any atom is -0.381 e. The topological polar surface area (TPSA) is 80.5 Å². The summed E-state index contributed by atoms with van der Waals surface area (Å²) in [5.41, 5.74) is 1.63. The van der Waals surface area contributed by atoms with E-state index in [4.69, 9.17) is 9.26 Å². The van der Waals surface area contributed by atoms with Crippen molar-refractivity contribution in [2.45, 2.75) is 38.3 Å². The van der Waals surface area contributed by atoms with Gasteiger partial charge in [-0.1, -0.05) is 5.16 Å². The van der Waals surface area contributed by atoms with Gasteiger partial charge in [0.2, 0.25) is 5.91 Å². The van der Waals surface area contributed by atoms with Crippen molar-refractivity contribution in [2.24, 2.45) is 5.92 Å². The Bertz CT molecular complexity index is 743. The number of aromatic nitrogens is 2. The lowest BCUT2D eigenvalue weighted by molar-refractivity contribution is -0.127. The highest BCUT2D eigenvalue weighted by molar-refractivity contribution is 5.79. The normalized spacial score (nSPS) is 21.9. The molecule has 27 heavy (non-hydrogen) atoms. The number of hydrogen-bond donors (Lipinski definition) is 1. The molecule has 0 aromatic carbocycles. The minimum atomic E-state index is 0.0438. The fraction of sp³-hybridized carbons (Fsp3) is 0.550. The monoisotopic (exact) mass is 370 g/mol. The second kappa shape index (κ2) is 8.63. The van der Waals surface area contributed by atoms with Crippen LogP contribution in [0.2, 0.25) is 0 Å². The summed E-state index contributed by atoms with van der Waals surface area (Å²) in [6, 6.07) is 6.21. The van der Waals surface area contributed by atoms with Crippen molar-refractivity contribution < 1.29 is 14.1 Å². The third-order valence-corrected chi connectivity index (χ3v) is 5.48. The molecule has 4 rings (SSSR count). The molecule has 0 spiro atoms. The molecule has 2 fully saturated rings. The average Bonchev–Trinajstić information content (AvgIpc) is 3.22. The maximum atomic E-state index is 12.6. The first kappa shape index (κ1) is 18.1. The number of carbonyl (C=O) groups excluding carboxylic acids is 1. The zero-order valence-corrected chi connectivity index (χ0v) is 15.5. The van der Waals surface area contributed by atoms with E-state index >= 15 is 0 Å². The summed E-state index contributed by atoms with van der Waals surface area (Å²) in [4.78, 5) is 19.2. The molecule has 0 aliphatic carbocycles. The molecule has 1 atom stereocenters. The SMILES string of the molecule is O=C(NCc1cc(-c2cccnc2)no1)[C@@H]1CCCN(C2CCOCC2)C1. The first-order valence-electron chi connectivity index (χ1n) is 9.75. The lowest BCUT2D eigenvalue weighted by atomic mass is 9.94. The Morgan fingerprint density at radius 3 is 3.00 bits per heavy atom. The highest BCUT2D eigenvalue weighted by Crippen LogP contribution is 2.23. The van der Waals surface area contributed by atoms with Crippen LogP contribution in [0.1, 0.15) is 31.4 Å². The van der Waals surface area contributed by atoms with Crippen LogP contribution in [0.25, 0.3) is 11.3 Å². The fourth-order valence-electron chi connectivity index (χ4n) is 3.97. The Morgan fingerprint density at radius 2 is 2.19 bits per heavy atom. The van der Waals surface area contributed by atoms with Crippen LogP contribution in [0.15, 0.2) is 35.1 Å². The number of piperidine rings is 1. The molecule has 2 aromatic heterocycles. The van der Waals surface area contributed by atoms with Crippen molar-refractivity contribution in [3.05, 3.63) is 36.4 Å². The van der Waals surface area contributed by atoms with E-state index in [0.717, 1.165) is 63.2 Å². The molecule has 0 unspecified atom stereocenters. The minimum absolute atomic E-state index is 0.0438.